The minimum atomic E-state index is 0.235. The normalized spacial score (nSPS) is 22.9. The molecule has 2 unspecified atom stereocenters. The Kier molecular flexibility index (Phi) is 3.64. The summed E-state index contributed by atoms with van der Waals surface area (Å²) >= 11 is 0. The highest BCUT2D eigenvalue weighted by Crippen LogP contribution is 2.25. The smallest absolute Gasteiger partial charge is 0.115 e. The van der Waals surface area contributed by atoms with Crippen molar-refractivity contribution in [1.82, 2.24) is 15.3 Å². The van der Waals surface area contributed by atoms with Crippen molar-refractivity contribution >= 4 is 0 Å². The van der Waals surface area contributed by atoms with Gasteiger partial charge in [0.15, 0.2) is 0 Å². The zero-order chi connectivity index (χ0) is 10.5. The van der Waals surface area contributed by atoms with Crippen LogP contribution >= 0.6 is 0 Å². The molecule has 82 valence electrons. The van der Waals surface area contributed by atoms with Crippen molar-refractivity contribution in [3.05, 3.63) is 24.3 Å². The maximum Gasteiger partial charge on any atom is 0.115 e. The molecule has 2 atom stereocenters. The Hall–Kier alpha value is -1.00. The summed E-state index contributed by atoms with van der Waals surface area (Å²) < 4.78 is 5.70. The number of hydrogen-bond acceptors (Lipinski definition) is 4. The molecule has 0 aromatic carbocycles. The van der Waals surface area contributed by atoms with Crippen molar-refractivity contribution in [2.24, 2.45) is 0 Å². The molecule has 0 radical (unpaired) electrons. The molecule has 2 heterocycles. The molecule has 1 aromatic rings. The Labute approximate surface area is 90.1 Å². The first-order chi connectivity index (χ1) is 7.42. The second-order valence-electron chi connectivity index (χ2n) is 3.76. The fourth-order valence-electron chi connectivity index (χ4n) is 2.02. The van der Waals surface area contributed by atoms with Crippen LogP contribution in [0.2, 0.25) is 0 Å². The summed E-state index contributed by atoms with van der Waals surface area (Å²) in [5.41, 5.74) is 1.12. The minimum Gasteiger partial charge on any atom is -0.376 e. The van der Waals surface area contributed by atoms with Crippen molar-refractivity contribution < 1.29 is 4.74 Å². The number of ether oxygens (including phenoxy) is 1. The van der Waals surface area contributed by atoms with E-state index in [1.54, 1.807) is 6.33 Å². The van der Waals surface area contributed by atoms with E-state index in [-0.39, 0.29) is 12.1 Å². The van der Waals surface area contributed by atoms with Gasteiger partial charge in [-0.1, -0.05) is 6.92 Å². The lowest BCUT2D eigenvalue weighted by atomic mass is 10.0. The third kappa shape index (κ3) is 2.52. The van der Waals surface area contributed by atoms with Gasteiger partial charge in [-0.3, -0.25) is 0 Å². The van der Waals surface area contributed by atoms with Gasteiger partial charge in [-0.15, -0.1) is 0 Å². The Balaban J connectivity index is 2.11. The lowest BCUT2D eigenvalue weighted by Gasteiger charge is -2.23. The molecule has 4 heteroatoms. The Morgan fingerprint density at radius 1 is 1.53 bits per heavy atom. The molecule has 1 aliphatic rings. The molecule has 15 heavy (non-hydrogen) atoms. The molecule has 1 saturated heterocycles. The number of hydrogen-bond donors (Lipinski definition) is 1. The van der Waals surface area contributed by atoms with Crippen LogP contribution < -0.4 is 5.32 Å². The van der Waals surface area contributed by atoms with E-state index in [9.17, 15) is 0 Å². The van der Waals surface area contributed by atoms with Crippen molar-refractivity contribution in [2.75, 3.05) is 13.2 Å². The molecular formula is C11H17N3O. The van der Waals surface area contributed by atoms with E-state index in [1.165, 1.54) is 0 Å². The van der Waals surface area contributed by atoms with Gasteiger partial charge in [0.2, 0.25) is 0 Å². The van der Waals surface area contributed by atoms with E-state index in [0.717, 1.165) is 31.6 Å². The summed E-state index contributed by atoms with van der Waals surface area (Å²) in [6.45, 7) is 3.91. The lowest BCUT2D eigenvalue weighted by Crippen LogP contribution is -2.31. The summed E-state index contributed by atoms with van der Waals surface area (Å²) in [5.74, 6) is 0. The number of aromatic nitrogens is 2. The van der Waals surface area contributed by atoms with Crippen LogP contribution in [0.3, 0.4) is 0 Å². The largest absolute Gasteiger partial charge is 0.376 e. The van der Waals surface area contributed by atoms with Crippen LogP contribution in [-0.4, -0.2) is 29.2 Å². The number of nitrogens with one attached hydrogen (secondary N) is 1. The van der Waals surface area contributed by atoms with Gasteiger partial charge < -0.3 is 10.1 Å². The maximum atomic E-state index is 5.70. The first-order valence-corrected chi connectivity index (χ1v) is 5.51. The molecule has 0 amide bonds. The maximum absolute atomic E-state index is 5.70. The summed E-state index contributed by atoms with van der Waals surface area (Å²) in [5, 5.41) is 3.44. The molecule has 0 bridgehead atoms. The molecule has 0 saturated carbocycles. The Morgan fingerprint density at radius 2 is 2.33 bits per heavy atom. The SMILES string of the molecule is CCNC(c1cncnc1)C1CCCO1. The summed E-state index contributed by atoms with van der Waals surface area (Å²) in [7, 11) is 0. The number of nitrogens with zero attached hydrogens (tertiary/aromatic N) is 2. The fraction of sp³-hybridized carbons (Fsp3) is 0.636. The molecule has 0 aliphatic carbocycles. The van der Waals surface area contributed by atoms with Crippen LogP contribution in [0.5, 0.6) is 0 Å². The monoisotopic (exact) mass is 207 g/mol. The Bertz CT molecular complexity index is 285. The topological polar surface area (TPSA) is 47.0 Å². The van der Waals surface area contributed by atoms with Gasteiger partial charge in [0.1, 0.15) is 6.33 Å². The molecular weight excluding hydrogens is 190 g/mol. The van der Waals surface area contributed by atoms with Gasteiger partial charge in [-0.25, -0.2) is 9.97 Å². The zero-order valence-corrected chi connectivity index (χ0v) is 9.02. The van der Waals surface area contributed by atoms with Gasteiger partial charge in [-0.2, -0.15) is 0 Å². The van der Waals surface area contributed by atoms with Crippen LogP contribution in [0.1, 0.15) is 31.4 Å². The highest BCUT2D eigenvalue weighted by molar-refractivity contribution is 5.11. The van der Waals surface area contributed by atoms with Gasteiger partial charge in [0.25, 0.3) is 0 Å². The van der Waals surface area contributed by atoms with Gasteiger partial charge in [0.05, 0.1) is 12.1 Å². The van der Waals surface area contributed by atoms with E-state index >= 15 is 0 Å². The first-order valence-electron chi connectivity index (χ1n) is 5.51. The zero-order valence-electron chi connectivity index (χ0n) is 9.02. The minimum absolute atomic E-state index is 0.235. The van der Waals surface area contributed by atoms with Gasteiger partial charge >= 0.3 is 0 Å². The highest BCUT2D eigenvalue weighted by atomic mass is 16.5. The van der Waals surface area contributed by atoms with Crippen LogP contribution in [-0.2, 0) is 4.74 Å². The Morgan fingerprint density at radius 3 is 2.93 bits per heavy atom. The number of rotatable bonds is 4. The summed E-state index contributed by atoms with van der Waals surface area (Å²) in [6, 6.07) is 0.235. The van der Waals surface area contributed by atoms with Gasteiger partial charge in [0, 0.05) is 24.6 Å². The average molecular weight is 207 g/mol. The quantitative estimate of drug-likeness (QED) is 0.808. The highest BCUT2D eigenvalue weighted by Gasteiger charge is 2.26. The van der Waals surface area contributed by atoms with E-state index in [0.29, 0.717) is 0 Å². The molecule has 0 spiro atoms. The molecule has 1 fully saturated rings. The van der Waals surface area contributed by atoms with E-state index < -0.39 is 0 Å². The van der Waals surface area contributed by atoms with Crippen molar-refractivity contribution in [3.8, 4) is 0 Å². The molecule has 1 N–H and O–H groups in total. The second kappa shape index (κ2) is 5.19. The third-order valence-electron chi connectivity index (χ3n) is 2.70. The van der Waals surface area contributed by atoms with Crippen molar-refractivity contribution in [3.63, 3.8) is 0 Å². The fourth-order valence-corrected chi connectivity index (χ4v) is 2.02. The molecule has 1 aromatic heterocycles. The van der Waals surface area contributed by atoms with Crippen molar-refractivity contribution in [2.45, 2.75) is 31.9 Å². The van der Waals surface area contributed by atoms with Crippen molar-refractivity contribution in [1.29, 1.82) is 0 Å². The van der Waals surface area contributed by atoms with Gasteiger partial charge in [-0.05, 0) is 19.4 Å². The lowest BCUT2D eigenvalue weighted by molar-refractivity contribution is 0.0786. The summed E-state index contributed by atoms with van der Waals surface area (Å²) in [4.78, 5) is 8.11. The summed E-state index contributed by atoms with van der Waals surface area (Å²) in [6.07, 6.45) is 7.83. The molecule has 2 rings (SSSR count). The third-order valence-corrected chi connectivity index (χ3v) is 2.70. The first kappa shape index (κ1) is 10.5. The molecule has 1 aliphatic heterocycles. The van der Waals surface area contributed by atoms with E-state index in [4.69, 9.17) is 4.74 Å². The molecule has 4 nitrogen and oxygen atoms in total. The van der Waals surface area contributed by atoms with E-state index in [2.05, 4.69) is 22.2 Å². The van der Waals surface area contributed by atoms with Crippen LogP contribution in [0.25, 0.3) is 0 Å². The standard InChI is InChI=1S/C11H17N3O/c1-2-14-11(10-4-3-5-15-10)9-6-12-8-13-7-9/h6-8,10-11,14H,2-5H2,1H3. The van der Waals surface area contributed by atoms with Crippen LogP contribution in [0, 0.1) is 0 Å². The second-order valence-corrected chi connectivity index (χ2v) is 3.76. The predicted molar refractivity (Wildman–Crippen MR) is 57.4 cm³/mol. The predicted octanol–water partition coefficient (Wildman–Crippen LogP) is 1.31. The average Bonchev–Trinajstić information content (AvgIpc) is 2.80. The van der Waals surface area contributed by atoms with Crippen LogP contribution in [0.4, 0.5) is 0 Å². The number of likely N-dealkylation sites (N-methyl/N-ethyl adjacent to an activating group) is 1. The van der Waals surface area contributed by atoms with E-state index in [1.807, 2.05) is 12.4 Å². The van der Waals surface area contributed by atoms with Crippen LogP contribution in [0.15, 0.2) is 18.7 Å².